The van der Waals surface area contributed by atoms with Gasteiger partial charge in [0.1, 0.15) is 28.5 Å². The molecular weight excluding hydrogens is 388 g/mol. The van der Waals surface area contributed by atoms with Gasteiger partial charge in [-0.25, -0.2) is 4.98 Å². The fraction of sp³-hybridized carbons (Fsp3) is 0.182. The van der Waals surface area contributed by atoms with E-state index < -0.39 is 0 Å². The Morgan fingerprint density at radius 3 is 2.48 bits per heavy atom. The zero-order valence-electron chi connectivity index (χ0n) is 16.7. The van der Waals surface area contributed by atoms with E-state index in [0.29, 0.717) is 17.2 Å². The third kappa shape index (κ3) is 5.00. The van der Waals surface area contributed by atoms with E-state index in [1.54, 1.807) is 45.4 Å². The molecule has 150 valence electrons. The van der Waals surface area contributed by atoms with Crippen LogP contribution in [0.4, 0.5) is 5.69 Å². The van der Waals surface area contributed by atoms with E-state index in [1.807, 2.05) is 54.8 Å². The standard InChI is InChI=1S/C22H22N2O4S/c1-25-15-8-10-17(19(13-15)27-3)23-12-6-5-7-21(29-4)22-24-18-11-9-16(26-2)14-20(18)28-22/h5-14H,1-4H3/b6-5+,21-7-,23-12?. The molecule has 6 nitrogen and oxygen atoms in total. The predicted octanol–water partition coefficient (Wildman–Crippen LogP) is 5.52. The average molecular weight is 410 g/mol. The highest BCUT2D eigenvalue weighted by atomic mass is 32.2. The Morgan fingerprint density at radius 1 is 1.00 bits per heavy atom. The van der Waals surface area contributed by atoms with Crippen LogP contribution in [0.25, 0.3) is 16.0 Å². The normalized spacial score (nSPS) is 12.2. The first kappa shape index (κ1) is 20.5. The number of nitrogens with zero attached hydrogens (tertiary/aromatic N) is 2. The van der Waals surface area contributed by atoms with Crippen LogP contribution in [-0.4, -0.2) is 38.8 Å². The Balaban J connectivity index is 1.75. The molecule has 0 aliphatic rings. The van der Waals surface area contributed by atoms with Crippen LogP contribution in [0.2, 0.25) is 0 Å². The van der Waals surface area contributed by atoms with Crippen molar-refractivity contribution in [2.75, 3.05) is 27.6 Å². The van der Waals surface area contributed by atoms with Gasteiger partial charge in [-0.15, -0.1) is 11.8 Å². The molecule has 0 N–H and O–H groups in total. The lowest BCUT2D eigenvalue weighted by molar-refractivity contribution is 0.395. The quantitative estimate of drug-likeness (QED) is 0.360. The molecule has 0 unspecified atom stereocenters. The number of oxazole rings is 1. The number of hydrogen-bond donors (Lipinski definition) is 0. The number of fused-ring (bicyclic) bond motifs is 1. The molecule has 0 saturated heterocycles. The van der Waals surface area contributed by atoms with Crippen LogP contribution < -0.4 is 14.2 Å². The van der Waals surface area contributed by atoms with E-state index in [0.717, 1.165) is 27.6 Å². The van der Waals surface area contributed by atoms with Crippen molar-refractivity contribution in [2.45, 2.75) is 0 Å². The molecule has 0 aliphatic heterocycles. The maximum atomic E-state index is 5.87. The lowest BCUT2D eigenvalue weighted by atomic mass is 10.3. The van der Waals surface area contributed by atoms with Gasteiger partial charge in [0.2, 0.25) is 5.89 Å². The molecule has 0 bridgehead atoms. The summed E-state index contributed by atoms with van der Waals surface area (Å²) in [7, 11) is 4.84. The molecule has 0 fully saturated rings. The van der Waals surface area contributed by atoms with E-state index in [9.17, 15) is 0 Å². The van der Waals surface area contributed by atoms with Gasteiger partial charge in [-0.2, -0.15) is 0 Å². The number of methoxy groups -OCH3 is 3. The van der Waals surface area contributed by atoms with Crippen LogP contribution in [-0.2, 0) is 0 Å². The maximum absolute atomic E-state index is 5.87. The van der Waals surface area contributed by atoms with Crippen molar-refractivity contribution in [3.05, 3.63) is 60.5 Å². The minimum Gasteiger partial charge on any atom is -0.497 e. The van der Waals surface area contributed by atoms with Gasteiger partial charge >= 0.3 is 0 Å². The Bertz CT molecular complexity index is 1070. The summed E-state index contributed by atoms with van der Waals surface area (Å²) in [6.07, 6.45) is 9.34. The SMILES string of the molecule is COc1ccc(N=C/C=C/C=C(\SC)c2nc3ccc(OC)cc3o2)c(OC)c1. The molecular formula is C22H22N2O4S. The molecule has 1 aromatic heterocycles. The second-order valence-corrected chi connectivity index (χ2v) is 6.64. The van der Waals surface area contributed by atoms with Gasteiger partial charge in [0.15, 0.2) is 5.58 Å². The van der Waals surface area contributed by atoms with Crippen LogP contribution in [0, 0.1) is 0 Å². The summed E-state index contributed by atoms with van der Waals surface area (Å²) in [5.41, 5.74) is 2.20. The molecule has 3 aromatic rings. The number of benzene rings is 2. The van der Waals surface area contributed by atoms with Crippen LogP contribution in [0.5, 0.6) is 17.2 Å². The zero-order valence-corrected chi connectivity index (χ0v) is 17.5. The fourth-order valence-electron chi connectivity index (χ4n) is 2.57. The minimum atomic E-state index is 0.569. The number of aliphatic imine (C=N–C) groups is 1. The topological polar surface area (TPSA) is 66.1 Å². The second kappa shape index (κ2) is 9.84. The summed E-state index contributed by atoms with van der Waals surface area (Å²) in [6.45, 7) is 0. The Morgan fingerprint density at radius 2 is 1.76 bits per heavy atom. The molecule has 3 rings (SSSR count). The Kier molecular flexibility index (Phi) is 6.97. The van der Waals surface area contributed by atoms with E-state index in [2.05, 4.69) is 9.98 Å². The van der Waals surface area contributed by atoms with E-state index >= 15 is 0 Å². The average Bonchev–Trinajstić information content (AvgIpc) is 3.19. The molecule has 0 aliphatic carbocycles. The molecule has 2 aromatic carbocycles. The van der Waals surface area contributed by atoms with Gasteiger partial charge in [0, 0.05) is 18.3 Å². The van der Waals surface area contributed by atoms with E-state index in [4.69, 9.17) is 18.6 Å². The first-order valence-electron chi connectivity index (χ1n) is 8.80. The molecule has 1 heterocycles. The summed E-state index contributed by atoms with van der Waals surface area (Å²) < 4.78 is 21.6. The maximum Gasteiger partial charge on any atom is 0.233 e. The first-order valence-corrected chi connectivity index (χ1v) is 10.0. The number of rotatable bonds is 8. The fourth-order valence-corrected chi connectivity index (χ4v) is 3.05. The van der Waals surface area contributed by atoms with Gasteiger partial charge in [-0.3, -0.25) is 4.99 Å². The highest BCUT2D eigenvalue weighted by Gasteiger charge is 2.10. The minimum absolute atomic E-state index is 0.569. The number of aromatic nitrogens is 1. The van der Waals surface area contributed by atoms with E-state index in [-0.39, 0.29) is 0 Å². The van der Waals surface area contributed by atoms with Crippen molar-refractivity contribution in [1.82, 2.24) is 4.98 Å². The van der Waals surface area contributed by atoms with Gasteiger partial charge in [-0.05, 0) is 42.7 Å². The van der Waals surface area contributed by atoms with Crippen molar-refractivity contribution >= 4 is 39.7 Å². The van der Waals surface area contributed by atoms with Crippen molar-refractivity contribution in [3.63, 3.8) is 0 Å². The largest absolute Gasteiger partial charge is 0.497 e. The van der Waals surface area contributed by atoms with Gasteiger partial charge in [0.05, 0.1) is 26.2 Å². The predicted molar refractivity (Wildman–Crippen MR) is 119 cm³/mol. The highest BCUT2D eigenvalue weighted by molar-refractivity contribution is 8.07. The van der Waals surface area contributed by atoms with Crippen LogP contribution >= 0.6 is 11.8 Å². The highest BCUT2D eigenvalue weighted by Crippen LogP contribution is 2.31. The van der Waals surface area contributed by atoms with E-state index in [1.165, 1.54) is 0 Å². The molecule has 0 radical (unpaired) electrons. The van der Waals surface area contributed by atoms with Gasteiger partial charge in [0.25, 0.3) is 0 Å². The molecule has 29 heavy (non-hydrogen) atoms. The van der Waals surface area contributed by atoms with Crippen LogP contribution in [0.1, 0.15) is 5.89 Å². The summed E-state index contributed by atoms with van der Waals surface area (Å²) in [6, 6.07) is 11.0. The van der Waals surface area contributed by atoms with Crippen molar-refractivity contribution < 1.29 is 18.6 Å². The van der Waals surface area contributed by atoms with Crippen molar-refractivity contribution in [2.24, 2.45) is 4.99 Å². The van der Waals surface area contributed by atoms with Crippen LogP contribution in [0.3, 0.4) is 0 Å². The van der Waals surface area contributed by atoms with Gasteiger partial charge in [-0.1, -0.05) is 6.08 Å². The summed E-state index contributed by atoms with van der Waals surface area (Å²) in [5.74, 6) is 2.68. The number of thioether (sulfide) groups is 1. The summed E-state index contributed by atoms with van der Waals surface area (Å²) in [5, 5.41) is 0. The smallest absolute Gasteiger partial charge is 0.233 e. The molecule has 0 saturated carbocycles. The number of hydrogen-bond acceptors (Lipinski definition) is 7. The zero-order chi connectivity index (χ0) is 20.6. The summed E-state index contributed by atoms with van der Waals surface area (Å²) in [4.78, 5) is 9.87. The third-order valence-corrected chi connectivity index (χ3v) is 4.82. The lowest BCUT2D eigenvalue weighted by Crippen LogP contribution is -1.87. The molecule has 0 atom stereocenters. The van der Waals surface area contributed by atoms with Crippen molar-refractivity contribution in [3.8, 4) is 17.2 Å². The first-order chi connectivity index (χ1) is 14.2. The van der Waals surface area contributed by atoms with Crippen molar-refractivity contribution in [1.29, 1.82) is 0 Å². The molecule has 7 heteroatoms. The number of ether oxygens (including phenoxy) is 3. The summed E-state index contributed by atoms with van der Waals surface area (Å²) >= 11 is 1.56. The lowest BCUT2D eigenvalue weighted by Gasteiger charge is -2.06. The third-order valence-electron chi connectivity index (χ3n) is 4.07. The Hall–Kier alpha value is -3.19. The molecule has 0 amide bonds. The van der Waals surface area contributed by atoms with Gasteiger partial charge < -0.3 is 18.6 Å². The number of allylic oxidation sites excluding steroid dienone is 3. The van der Waals surface area contributed by atoms with Crippen LogP contribution in [0.15, 0.2) is 64.0 Å². The second-order valence-electron chi connectivity index (χ2n) is 5.79. The Labute approximate surface area is 173 Å². The molecule has 0 spiro atoms. The monoisotopic (exact) mass is 410 g/mol.